The minimum absolute atomic E-state index is 1.37. The first-order chi connectivity index (χ1) is 6.41. The van der Waals surface area contributed by atoms with Gasteiger partial charge in [0.2, 0.25) is 0 Å². The second-order valence-corrected chi connectivity index (χ2v) is 4.18. The van der Waals surface area contributed by atoms with Crippen molar-refractivity contribution in [2.45, 2.75) is 77.9 Å². The van der Waals surface area contributed by atoms with E-state index in [0.29, 0.717) is 0 Å². The van der Waals surface area contributed by atoms with E-state index in [9.17, 15) is 0 Å². The van der Waals surface area contributed by atoms with Crippen molar-refractivity contribution in [3.63, 3.8) is 0 Å². The van der Waals surface area contributed by atoms with E-state index in [1.165, 1.54) is 71.4 Å². The van der Waals surface area contributed by atoms with Crippen molar-refractivity contribution in [2.75, 3.05) is 0 Å². The van der Waals surface area contributed by atoms with Crippen LogP contribution >= 0.6 is 0 Å². The molecule has 0 aromatic rings. The Morgan fingerprint density at radius 1 is 0.692 bits per heavy atom. The molecule has 1 heteroatoms. The average Bonchev–Trinajstić information content (AvgIpc) is 2.16. The van der Waals surface area contributed by atoms with Gasteiger partial charge in [-0.15, -0.1) is 0 Å². The van der Waals surface area contributed by atoms with Gasteiger partial charge in [0.25, 0.3) is 0 Å². The highest BCUT2D eigenvalue weighted by Crippen LogP contribution is 2.10. The summed E-state index contributed by atoms with van der Waals surface area (Å²) in [5, 5.41) is 0. The molecule has 0 heterocycles. The molecule has 0 atom stereocenters. The van der Waals surface area contributed by atoms with Crippen LogP contribution in [0.2, 0.25) is 13.1 Å². The fraction of sp³-hybridized carbons (Fsp3) is 1.00. The molecule has 0 spiro atoms. The molecule has 0 fully saturated rings. The summed E-state index contributed by atoms with van der Waals surface area (Å²) in [6.07, 6.45) is 14.6. The smallest absolute Gasteiger partial charge is 0.0893 e. The lowest BCUT2D eigenvalue weighted by Gasteiger charge is -2.00. The lowest BCUT2D eigenvalue weighted by Crippen LogP contribution is -1.83. The molecule has 0 radical (unpaired) electrons. The lowest BCUT2D eigenvalue weighted by molar-refractivity contribution is 0.572. The molecule has 0 aliphatic carbocycles. The summed E-state index contributed by atoms with van der Waals surface area (Å²) in [6, 6.07) is 0. The van der Waals surface area contributed by atoms with Gasteiger partial charge >= 0.3 is 0 Å². The zero-order chi connectivity index (χ0) is 9.78. The molecular weight excluding hydrogens is 155 g/mol. The van der Waals surface area contributed by atoms with Gasteiger partial charge in [-0.25, -0.2) is 0 Å². The van der Waals surface area contributed by atoms with Crippen LogP contribution in [-0.4, -0.2) is 7.28 Å². The van der Waals surface area contributed by atoms with Crippen molar-refractivity contribution < 1.29 is 0 Å². The lowest BCUT2D eigenvalue weighted by atomic mass is 9.76. The fourth-order valence-corrected chi connectivity index (χ4v) is 1.74. The molecule has 0 bridgehead atoms. The van der Waals surface area contributed by atoms with Crippen LogP contribution < -0.4 is 0 Å². The summed E-state index contributed by atoms with van der Waals surface area (Å²) in [5.41, 5.74) is 0. The Balaban J connectivity index is 2.76. The molecule has 0 aliphatic rings. The van der Waals surface area contributed by atoms with Crippen molar-refractivity contribution in [3.05, 3.63) is 0 Å². The van der Waals surface area contributed by atoms with E-state index in [4.69, 9.17) is 0 Å². The Bertz CT molecular complexity index is 71.2. The van der Waals surface area contributed by atoms with Crippen molar-refractivity contribution in [3.8, 4) is 0 Å². The van der Waals surface area contributed by atoms with Gasteiger partial charge in [0, 0.05) is 0 Å². The first kappa shape index (κ1) is 13.1. The van der Waals surface area contributed by atoms with Crippen molar-refractivity contribution in [1.29, 1.82) is 0 Å². The average molecular weight is 182 g/mol. The van der Waals surface area contributed by atoms with Crippen LogP contribution in [0.1, 0.15) is 64.7 Å². The summed E-state index contributed by atoms with van der Waals surface area (Å²) < 4.78 is 0. The van der Waals surface area contributed by atoms with Crippen LogP contribution in [0.15, 0.2) is 0 Å². The molecule has 0 saturated heterocycles. The van der Waals surface area contributed by atoms with E-state index >= 15 is 0 Å². The van der Waals surface area contributed by atoms with Crippen LogP contribution in [0.3, 0.4) is 0 Å². The van der Waals surface area contributed by atoms with E-state index in [1.807, 2.05) is 0 Å². The van der Waals surface area contributed by atoms with Gasteiger partial charge in [-0.05, 0) is 0 Å². The highest BCUT2D eigenvalue weighted by atomic mass is 14.0. The van der Waals surface area contributed by atoms with Gasteiger partial charge in [-0.1, -0.05) is 77.9 Å². The Kier molecular flexibility index (Phi) is 12.1. The van der Waals surface area contributed by atoms with E-state index in [-0.39, 0.29) is 0 Å². The quantitative estimate of drug-likeness (QED) is 0.346. The third-order valence-electron chi connectivity index (χ3n) is 2.71. The zero-order valence-corrected chi connectivity index (χ0v) is 9.78. The standard InChI is InChI=1S/C12H27B/c1-3-4-5-6-7-8-9-10-11-12-13-2/h13H,3-12H2,1-2H3. The summed E-state index contributed by atoms with van der Waals surface area (Å²) in [7, 11) is 1.37. The Hall–Kier alpha value is 0.0649. The number of hydrogen-bond donors (Lipinski definition) is 0. The largest absolute Gasteiger partial charge is 0.117 e. The van der Waals surface area contributed by atoms with Gasteiger partial charge in [-0.2, -0.15) is 0 Å². The van der Waals surface area contributed by atoms with E-state index < -0.39 is 0 Å². The molecule has 0 nitrogen and oxygen atoms in total. The first-order valence-corrected chi connectivity index (χ1v) is 6.41. The highest BCUT2D eigenvalue weighted by molar-refractivity contribution is 6.33. The molecular formula is C12H27B. The third-order valence-corrected chi connectivity index (χ3v) is 2.71. The molecule has 0 unspecified atom stereocenters. The predicted octanol–water partition coefficient (Wildman–Crippen LogP) is 4.42. The maximum atomic E-state index is 2.28. The van der Waals surface area contributed by atoms with E-state index in [2.05, 4.69) is 13.7 Å². The van der Waals surface area contributed by atoms with Crippen LogP contribution in [0, 0.1) is 0 Å². The van der Waals surface area contributed by atoms with Gasteiger partial charge in [0.1, 0.15) is 7.28 Å². The normalized spacial score (nSPS) is 10.3. The minimum Gasteiger partial charge on any atom is -0.0893 e. The zero-order valence-electron chi connectivity index (χ0n) is 9.78. The SMILES string of the molecule is CBCCCCCCCCCCC. The fourth-order valence-electron chi connectivity index (χ4n) is 1.74. The minimum atomic E-state index is 1.37. The number of unbranched alkanes of at least 4 members (excludes halogenated alkanes) is 8. The van der Waals surface area contributed by atoms with Gasteiger partial charge in [0.05, 0.1) is 0 Å². The Labute approximate surface area is 85.7 Å². The van der Waals surface area contributed by atoms with Gasteiger partial charge in [-0.3, -0.25) is 0 Å². The van der Waals surface area contributed by atoms with E-state index in [0.717, 1.165) is 0 Å². The topological polar surface area (TPSA) is 0 Å². The van der Waals surface area contributed by atoms with Crippen LogP contribution in [0.25, 0.3) is 0 Å². The molecule has 0 aliphatic heterocycles. The van der Waals surface area contributed by atoms with Crippen molar-refractivity contribution in [2.24, 2.45) is 0 Å². The van der Waals surface area contributed by atoms with E-state index in [1.54, 1.807) is 0 Å². The molecule has 0 rings (SSSR count). The van der Waals surface area contributed by atoms with Crippen molar-refractivity contribution >= 4 is 7.28 Å². The highest BCUT2D eigenvalue weighted by Gasteiger charge is 1.91. The molecule has 0 aromatic carbocycles. The molecule has 0 saturated carbocycles. The molecule has 13 heavy (non-hydrogen) atoms. The summed E-state index contributed by atoms with van der Waals surface area (Å²) >= 11 is 0. The van der Waals surface area contributed by atoms with Gasteiger partial charge in [0.15, 0.2) is 0 Å². The summed E-state index contributed by atoms with van der Waals surface area (Å²) in [6.45, 7) is 4.56. The molecule has 0 N–H and O–H groups in total. The van der Waals surface area contributed by atoms with Crippen LogP contribution in [0.5, 0.6) is 0 Å². The third kappa shape index (κ3) is 12.1. The predicted molar refractivity (Wildman–Crippen MR) is 65.0 cm³/mol. The maximum absolute atomic E-state index is 2.28. The van der Waals surface area contributed by atoms with Crippen LogP contribution in [0.4, 0.5) is 0 Å². The molecule has 0 amide bonds. The Morgan fingerprint density at radius 3 is 1.62 bits per heavy atom. The first-order valence-electron chi connectivity index (χ1n) is 6.41. The molecule has 78 valence electrons. The number of rotatable bonds is 10. The second kappa shape index (κ2) is 12.1. The second-order valence-electron chi connectivity index (χ2n) is 4.18. The van der Waals surface area contributed by atoms with Gasteiger partial charge < -0.3 is 0 Å². The summed E-state index contributed by atoms with van der Waals surface area (Å²) in [5.74, 6) is 0. The molecule has 0 aromatic heterocycles. The van der Waals surface area contributed by atoms with Crippen molar-refractivity contribution in [1.82, 2.24) is 0 Å². The maximum Gasteiger partial charge on any atom is 0.117 e. The summed E-state index contributed by atoms with van der Waals surface area (Å²) in [4.78, 5) is 0. The Morgan fingerprint density at radius 2 is 1.15 bits per heavy atom. The monoisotopic (exact) mass is 182 g/mol. The number of hydrogen-bond acceptors (Lipinski definition) is 0. The van der Waals surface area contributed by atoms with Crippen LogP contribution in [-0.2, 0) is 0 Å².